The van der Waals surface area contributed by atoms with E-state index in [2.05, 4.69) is 79.4 Å². The molecule has 1 saturated heterocycles. The molecule has 0 spiro atoms. The highest BCUT2D eigenvalue weighted by Gasteiger charge is 2.42. The summed E-state index contributed by atoms with van der Waals surface area (Å²) in [5.41, 5.74) is 3.60. The van der Waals surface area contributed by atoms with Crippen molar-refractivity contribution in [2.45, 2.75) is 64.5 Å². The monoisotopic (exact) mass is 375 g/mol. The Morgan fingerprint density at radius 1 is 1.11 bits per heavy atom. The first-order valence-electron chi connectivity index (χ1n) is 10.8. The fourth-order valence-corrected chi connectivity index (χ4v) is 3.82. The summed E-state index contributed by atoms with van der Waals surface area (Å²) in [4.78, 5) is 15.0. The molecule has 0 radical (unpaired) electrons. The number of allylic oxidation sites excluding steroid dienone is 1. The lowest BCUT2D eigenvalue weighted by Gasteiger charge is -2.14. The van der Waals surface area contributed by atoms with Gasteiger partial charge in [-0.2, -0.15) is 0 Å². The first-order chi connectivity index (χ1) is 13.7. The Bertz CT molecular complexity index is 780. The molecule has 2 aromatic rings. The van der Waals surface area contributed by atoms with Crippen molar-refractivity contribution in [1.82, 2.24) is 4.90 Å². The van der Waals surface area contributed by atoms with E-state index in [1.165, 1.54) is 36.8 Å². The van der Waals surface area contributed by atoms with Crippen LogP contribution >= 0.6 is 0 Å². The number of benzene rings is 2. The van der Waals surface area contributed by atoms with Gasteiger partial charge in [-0.1, -0.05) is 92.9 Å². The van der Waals surface area contributed by atoms with E-state index in [1.54, 1.807) is 0 Å². The Kier molecular flexibility index (Phi) is 7.62. The maximum Gasteiger partial charge on any atom is 0.155 e. The largest absolute Gasteiger partial charge is 0.298 e. The average Bonchev–Trinajstić information content (AvgIpc) is 3.52. The quantitative estimate of drug-likeness (QED) is 0.343. The van der Waals surface area contributed by atoms with Crippen LogP contribution in [0.5, 0.6) is 0 Å². The number of hydrogen-bond donors (Lipinski definition) is 0. The summed E-state index contributed by atoms with van der Waals surface area (Å²) in [6, 6.07) is 19.2. The molecule has 3 atom stereocenters. The van der Waals surface area contributed by atoms with Gasteiger partial charge in [0.15, 0.2) is 5.78 Å². The maximum atomic E-state index is 12.7. The highest BCUT2D eigenvalue weighted by molar-refractivity contribution is 5.88. The molecule has 2 unspecified atom stereocenters. The van der Waals surface area contributed by atoms with E-state index in [9.17, 15) is 4.79 Å². The fourth-order valence-electron chi connectivity index (χ4n) is 3.82. The van der Waals surface area contributed by atoms with Crippen molar-refractivity contribution in [3.63, 3.8) is 0 Å². The molecule has 1 fully saturated rings. The predicted molar refractivity (Wildman–Crippen MR) is 118 cm³/mol. The molecule has 0 bridgehead atoms. The van der Waals surface area contributed by atoms with Gasteiger partial charge in [0, 0.05) is 19.0 Å². The molecular formula is C26H33NO. The molecule has 0 amide bonds. The molecule has 1 aliphatic rings. The lowest BCUT2D eigenvalue weighted by molar-refractivity contribution is -0.118. The molecule has 0 aromatic heterocycles. The van der Waals surface area contributed by atoms with E-state index in [0.29, 0.717) is 18.2 Å². The van der Waals surface area contributed by atoms with Gasteiger partial charge in [-0.3, -0.25) is 9.69 Å². The normalized spacial score (nSPS) is 19.6. The smallest absolute Gasteiger partial charge is 0.155 e. The Morgan fingerprint density at radius 3 is 2.71 bits per heavy atom. The second-order valence-electron chi connectivity index (χ2n) is 7.94. The second kappa shape index (κ2) is 10.4. The zero-order chi connectivity index (χ0) is 19.8. The third-order valence-electron chi connectivity index (χ3n) is 5.67. The van der Waals surface area contributed by atoms with E-state index in [4.69, 9.17) is 0 Å². The summed E-state index contributed by atoms with van der Waals surface area (Å²) in [5.74, 6) is 0.337. The molecule has 1 aliphatic heterocycles. The van der Waals surface area contributed by atoms with E-state index in [-0.39, 0.29) is 6.04 Å². The Balaban J connectivity index is 1.49. The van der Waals surface area contributed by atoms with E-state index in [1.807, 2.05) is 6.07 Å². The second-order valence-corrected chi connectivity index (χ2v) is 7.94. The lowest BCUT2D eigenvalue weighted by atomic mass is 10.0. The molecule has 3 rings (SSSR count). The van der Waals surface area contributed by atoms with Gasteiger partial charge >= 0.3 is 0 Å². The summed E-state index contributed by atoms with van der Waals surface area (Å²) in [5, 5.41) is 0. The Hall–Kier alpha value is -2.19. The molecule has 0 aliphatic carbocycles. The summed E-state index contributed by atoms with van der Waals surface area (Å²) < 4.78 is 0. The summed E-state index contributed by atoms with van der Waals surface area (Å²) >= 11 is 0. The maximum absolute atomic E-state index is 12.7. The van der Waals surface area contributed by atoms with E-state index in [0.717, 1.165) is 18.5 Å². The van der Waals surface area contributed by atoms with Crippen LogP contribution in [0, 0.1) is 0 Å². The Morgan fingerprint density at radius 2 is 1.93 bits per heavy atom. The number of rotatable bonds is 11. The van der Waals surface area contributed by atoms with Crippen LogP contribution in [0.15, 0.2) is 60.7 Å². The molecular weight excluding hydrogens is 342 g/mol. The molecule has 2 nitrogen and oxygen atoms in total. The Labute approximate surface area is 170 Å². The van der Waals surface area contributed by atoms with Gasteiger partial charge in [0.2, 0.25) is 0 Å². The van der Waals surface area contributed by atoms with E-state index >= 15 is 0 Å². The summed E-state index contributed by atoms with van der Waals surface area (Å²) in [6.07, 6.45) is 11.3. The molecule has 2 aromatic carbocycles. The van der Waals surface area contributed by atoms with Crippen LogP contribution < -0.4 is 0 Å². The van der Waals surface area contributed by atoms with Gasteiger partial charge in [0.25, 0.3) is 0 Å². The van der Waals surface area contributed by atoms with Gasteiger partial charge in [0.1, 0.15) is 0 Å². The molecule has 1 heterocycles. The van der Waals surface area contributed by atoms with Crippen LogP contribution in [-0.2, 0) is 11.2 Å². The molecule has 0 saturated carbocycles. The van der Waals surface area contributed by atoms with E-state index < -0.39 is 0 Å². The molecule has 28 heavy (non-hydrogen) atoms. The number of nitrogens with zero attached hydrogens (tertiary/aromatic N) is 1. The number of ketones is 1. The van der Waals surface area contributed by atoms with Gasteiger partial charge in [-0.15, -0.1) is 0 Å². The van der Waals surface area contributed by atoms with Crippen molar-refractivity contribution < 1.29 is 4.79 Å². The summed E-state index contributed by atoms with van der Waals surface area (Å²) in [6.45, 7) is 5.31. The fraction of sp³-hybridized carbons (Fsp3) is 0.423. The van der Waals surface area contributed by atoms with Crippen LogP contribution in [0.1, 0.15) is 68.7 Å². The topological polar surface area (TPSA) is 20.1 Å². The van der Waals surface area contributed by atoms with Gasteiger partial charge < -0.3 is 0 Å². The van der Waals surface area contributed by atoms with Gasteiger partial charge in [-0.25, -0.2) is 0 Å². The van der Waals surface area contributed by atoms with Crippen LogP contribution in [-0.4, -0.2) is 23.3 Å². The van der Waals surface area contributed by atoms with Crippen molar-refractivity contribution in [1.29, 1.82) is 0 Å². The predicted octanol–water partition coefficient (Wildman–Crippen LogP) is 6.23. The van der Waals surface area contributed by atoms with Crippen molar-refractivity contribution in [3.8, 4) is 0 Å². The standard InChI is InChI=1S/C26H33NO/c1-3-4-5-6-7-9-13-22-14-12-15-23(18-22)19-26(28)25-20-27(25)21(2)24-16-10-8-11-17-24/h8-18,21,25H,3-7,19-20H2,1-2H3/t21-,25?,27?/m1/s1. The number of unbranched alkanes of at least 4 members (excludes halogenated alkanes) is 4. The van der Waals surface area contributed by atoms with Crippen molar-refractivity contribution in [2.24, 2.45) is 0 Å². The minimum absolute atomic E-state index is 0.0768. The van der Waals surface area contributed by atoms with Crippen LogP contribution in [0.2, 0.25) is 0 Å². The van der Waals surface area contributed by atoms with Crippen molar-refractivity contribution >= 4 is 11.9 Å². The first-order valence-corrected chi connectivity index (χ1v) is 10.8. The SMILES string of the molecule is CCCCCCC=Cc1cccc(CC(=O)C2CN2[C@H](C)c2ccccc2)c1. The number of carbonyl (C=O) groups excluding carboxylic acids is 1. The van der Waals surface area contributed by atoms with Crippen LogP contribution in [0.3, 0.4) is 0 Å². The van der Waals surface area contributed by atoms with Gasteiger partial charge in [0.05, 0.1) is 6.04 Å². The minimum atomic E-state index is 0.0768. The highest BCUT2D eigenvalue weighted by atomic mass is 16.1. The zero-order valence-corrected chi connectivity index (χ0v) is 17.3. The lowest BCUT2D eigenvalue weighted by Crippen LogP contribution is -2.17. The third-order valence-corrected chi connectivity index (χ3v) is 5.67. The summed E-state index contributed by atoms with van der Waals surface area (Å²) in [7, 11) is 0. The van der Waals surface area contributed by atoms with Gasteiger partial charge in [-0.05, 0) is 36.5 Å². The van der Waals surface area contributed by atoms with Crippen LogP contribution in [0.4, 0.5) is 0 Å². The average molecular weight is 376 g/mol. The number of carbonyl (C=O) groups is 1. The highest BCUT2D eigenvalue weighted by Crippen LogP contribution is 2.32. The van der Waals surface area contributed by atoms with Crippen LogP contribution in [0.25, 0.3) is 6.08 Å². The van der Waals surface area contributed by atoms with Crippen molar-refractivity contribution in [2.75, 3.05) is 6.54 Å². The molecule has 0 N–H and O–H groups in total. The third kappa shape index (κ3) is 5.90. The first kappa shape index (κ1) is 20.5. The molecule has 2 heteroatoms. The minimum Gasteiger partial charge on any atom is -0.298 e. The zero-order valence-electron chi connectivity index (χ0n) is 17.3. The molecule has 148 valence electrons. The van der Waals surface area contributed by atoms with Crippen molar-refractivity contribution in [3.05, 3.63) is 77.4 Å². The number of Topliss-reactive ketones (excluding diaryl/α,β-unsaturated/α-hetero) is 1. The number of hydrogen-bond acceptors (Lipinski definition) is 2.